The van der Waals surface area contributed by atoms with E-state index in [4.69, 9.17) is 0 Å². The maximum absolute atomic E-state index is 12.3. The summed E-state index contributed by atoms with van der Waals surface area (Å²) in [5.74, 6) is -0.818. The van der Waals surface area contributed by atoms with Crippen molar-refractivity contribution in [3.63, 3.8) is 0 Å². The van der Waals surface area contributed by atoms with Gasteiger partial charge in [0.25, 0.3) is 0 Å². The van der Waals surface area contributed by atoms with E-state index in [-0.39, 0.29) is 23.7 Å². The van der Waals surface area contributed by atoms with Gasteiger partial charge in [0, 0.05) is 12.3 Å². The molecule has 0 radical (unpaired) electrons. The molecular weight excluding hydrogens is 262 g/mol. The van der Waals surface area contributed by atoms with Crippen LogP contribution in [0.3, 0.4) is 0 Å². The third-order valence-corrected chi connectivity index (χ3v) is 4.02. The monoisotopic (exact) mass is 279 g/mol. The fourth-order valence-electron chi connectivity index (χ4n) is 2.93. The molecule has 106 valence electrons. The second kappa shape index (κ2) is 5.52. The Morgan fingerprint density at radius 1 is 0.905 bits per heavy atom. The second-order valence-electron chi connectivity index (χ2n) is 5.52. The number of benzene rings is 2. The van der Waals surface area contributed by atoms with E-state index in [2.05, 4.69) is 5.32 Å². The molecule has 2 unspecified atom stereocenters. The number of nitrogens with one attached hydrogen (secondary N) is 1. The van der Waals surface area contributed by atoms with E-state index >= 15 is 0 Å². The highest BCUT2D eigenvalue weighted by atomic mass is 16.2. The van der Waals surface area contributed by atoms with Gasteiger partial charge in [-0.15, -0.1) is 0 Å². The van der Waals surface area contributed by atoms with Gasteiger partial charge in [0.15, 0.2) is 0 Å². The third-order valence-electron chi connectivity index (χ3n) is 4.02. The number of rotatable bonds is 2. The first-order chi connectivity index (χ1) is 10.1. The summed E-state index contributed by atoms with van der Waals surface area (Å²) in [4.78, 5) is 24.1. The van der Waals surface area contributed by atoms with Gasteiger partial charge in [0.1, 0.15) is 0 Å². The SMILES string of the molecule is Cc1ccc(C2C(=O)NC(=O)CC2c2ccccc2)cc1. The smallest absolute Gasteiger partial charge is 0.234 e. The second-order valence-corrected chi connectivity index (χ2v) is 5.52. The van der Waals surface area contributed by atoms with Gasteiger partial charge in [0.05, 0.1) is 5.92 Å². The quantitative estimate of drug-likeness (QED) is 0.859. The molecule has 1 saturated heterocycles. The van der Waals surface area contributed by atoms with Crippen molar-refractivity contribution < 1.29 is 9.59 Å². The standard InChI is InChI=1S/C18H17NO2/c1-12-7-9-14(10-8-12)17-15(11-16(20)19-18(17)21)13-5-3-2-4-6-13/h2-10,15,17H,11H2,1H3,(H,19,20,21). The van der Waals surface area contributed by atoms with Gasteiger partial charge in [-0.2, -0.15) is 0 Å². The van der Waals surface area contributed by atoms with Gasteiger partial charge in [-0.05, 0) is 18.1 Å². The van der Waals surface area contributed by atoms with Crippen LogP contribution < -0.4 is 5.32 Å². The first-order valence-corrected chi connectivity index (χ1v) is 7.10. The molecule has 2 amide bonds. The number of aryl methyl sites for hydroxylation is 1. The lowest BCUT2D eigenvalue weighted by molar-refractivity contribution is -0.135. The van der Waals surface area contributed by atoms with E-state index in [0.29, 0.717) is 6.42 Å². The molecule has 1 aliphatic rings. The number of hydrogen-bond acceptors (Lipinski definition) is 2. The molecule has 1 N–H and O–H groups in total. The largest absolute Gasteiger partial charge is 0.296 e. The molecule has 3 nitrogen and oxygen atoms in total. The summed E-state index contributed by atoms with van der Waals surface area (Å²) < 4.78 is 0. The van der Waals surface area contributed by atoms with Gasteiger partial charge in [-0.1, -0.05) is 60.2 Å². The lowest BCUT2D eigenvalue weighted by atomic mass is 9.76. The number of carbonyl (C=O) groups is 2. The molecule has 0 aromatic heterocycles. The Morgan fingerprint density at radius 2 is 1.57 bits per heavy atom. The molecule has 1 heterocycles. The maximum Gasteiger partial charge on any atom is 0.234 e. The fraction of sp³-hybridized carbons (Fsp3) is 0.222. The molecule has 1 aliphatic heterocycles. The van der Waals surface area contributed by atoms with Gasteiger partial charge >= 0.3 is 0 Å². The molecule has 1 fully saturated rings. The predicted molar refractivity (Wildman–Crippen MR) is 80.9 cm³/mol. The average molecular weight is 279 g/mol. The Morgan fingerprint density at radius 3 is 2.24 bits per heavy atom. The van der Waals surface area contributed by atoms with Gasteiger partial charge < -0.3 is 0 Å². The molecule has 2 atom stereocenters. The first kappa shape index (κ1) is 13.6. The van der Waals surface area contributed by atoms with E-state index in [9.17, 15) is 9.59 Å². The summed E-state index contributed by atoms with van der Waals surface area (Å²) in [7, 11) is 0. The van der Waals surface area contributed by atoms with Crippen molar-refractivity contribution in [3.8, 4) is 0 Å². The first-order valence-electron chi connectivity index (χ1n) is 7.10. The maximum atomic E-state index is 12.3. The van der Waals surface area contributed by atoms with Gasteiger partial charge in [-0.25, -0.2) is 0 Å². The molecule has 0 spiro atoms. The van der Waals surface area contributed by atoms with E-state index in [0.717, 1.165) is 16.7 Å². The van der Waals surface area contributed by atoms with Crippen molar-refractivity contribution >= 4 is 11.8 Å². The number of carbonyl (C=O) groups excluding carboxylic acids is 2. The van der Waals surface area contributed by atoms with Crippen LogP contribution in [0.2, 0.25) is 0 Å². The van der Waals surface area contributed by atoms with Crippen molar-refractivity contribution in [1.29, 1.82) is 0 Å². The molecule has 21 heavy (non-hydrogen) atoms. The Hall–Kier alpha value is -2.42. The summed E-state index contributed by atoms with van der Waals surface area (Å²) in [6, 6.07) is 17.8. The molecule has 0 aliphatic carbocycles. The topological polar surface area (TPSA) is 46.2 Å². The van der Waals surface area contributed by atoms with Crippen LogP contribution in [0.15, 0.2) is 54.6 Å². The Kier molecular flexibility index (Phi) is 3.57. The minimum atomic E-state index is -0.314. The molecule has 3 heteroatoms. The van der Waals surface area contributed by atoms with Crippen LogP contribution in [0.5, 0.6) is 0 Å². The van der Waals surface area contributed by atoms with E-state index < -0.39 is 0 Å². The van der Waals surface area contributed by atoms with Gasteiger partial charge in [-0.3, -0.25) is 14.9 Å². The van der Waals surface area contributed by atoms with Crippen LogP contribution in [-0.4, -0.2) is 11.8 Å². The van der Waals surface area contributed by atoms with E-state index in [1.807, 2.05) is 61.5 Å². The summed E-state index contributed by atoms with van der Waals surface area (Å²) >= 11 is 0. The highest BCUT2D eigenvalue weighted by molar-refractivity contribution is 6.02. The van der Waals surface area contributed by atoms with Crippen LogP contribution in [0.1, 0.15) is 34.9 Å². The molecule has 0 saturated carbocycles. The fourth-order valence-corrected chi connectivity index (χ4v) is 2.93. The van der Waals surface area contributed by atoms with Crippen molar-refractivity contribution in [2.75, 3.05) is 0 Å². The third kappa shape index (κ3) is 2.72. The number of hydrogen-bond donors (Lipinski definition) is 1. The Labute approximate surface area is 124 Å². The molecular formula is C18H17NO2. The zero-order chi connectivity index (χ0) is 14.8. The van der Waals surface area contributed by atoms with Crippen molar-refractivity contribution in [3.05, 3.63) is 71.3 Å². The number of piperidine rings is 1. The zero-order valence-electron chi connectivity index (χ0n) is 11.9. The molecule has 0 bridgehead atoms. The Balaban J connectivity index is 2.03. The van der Waals surface area contributed by atoms with Crippen LogP contribution in [0.4, 0.5) is 0 Å². The van der Waals surface area contributed by atoms with Crippen molar-refractivity contribution in [1.82, 2.24) is 5.32 Å². The zero-order valence-corrected chi connectivity index (χ0v) is 11.9. The molecule has 2 aromatic carbocycles. The summed E-state index contributed by atoms with van der Waals surface area (Å²) in [5.41, 5.74) is 3.15. The van der Waals surface area contributed by atoms with Crippen LogP contribution >= 0.6 is 0 Å². The van der Waals surface area contributed by atoms with Gasteiger partial charge in [0.2, 0.25) is 11.8 Å². The summed E-state index contributed by atoms with van der Waals surface area (Å²) in [6.07, 6.45) is 0.342. The highest BCUT2D eigenvalue weighted by Crippen LogP contribution is 2.38. The molecule has 2 aromatic rings. The molecule has 3 rings (SSSR count). The minimum absolute atomic E-state index is 0.102. The number of imide groups is 1. The van der Waals surface area contributed by atoms with Crippen molar-refractivity contribution in [2.45, 2.75) is 25.2 Å². The van der Waals surface area contributed by atoms with Crippen molar-refractivity contribution in [2.24, 2.45) is 0 Å². The van der Waals surface area contributed by atoms with Crippen LogP contribution in [0, 0.1) is 6.92 Å². The average Bonchev–Trinajstić information content (AvgIpc) is 2.49. The highest BCUT2D eigenvalue weighted by Gasteiger charge is 2.37. The lowest BCUT2D eigenvalue weighted by Crippen LogP contribution is -2.43. The summed E-state index contributed by atoms with van der Waals surface area (Å²) in [6.45, 7) is 2.02. The normalized spacial score (nSPS) is 22.0. The minimum Gasteiger partial charge on any atom is -0.296 e. The van der Waals surface area contributed by atoms with Crippen LogP contribution in [0.25, 0.3) is 0 Å². The Bertz CT molecular complexity index is 661. The predicted octanol–water partition coefficient (Wildman–Crippen LogP) is 2.91. The van der Waals surface area contributed by atoms with E-state index in [1.165, 1.54) is 0 Å². The van der Waals surface area contributed by atoms with E-state index in [1.54, 1.807) is 0 Å². The summed E-state index contributed by atoms with van der Waals surface area (Å²) in [5, 5.41) is 2.46. The van der Waals surface area contributed by atoms with Crippen LogP contribution in [-0.2, 0) is 9.59 Å². The number of amides is 2. The lowest BCUT2D eigenvalue weighted by Gasteiger charge is -2.30.